The number of hydrogen-bond acceptors (Lipinski definition) is 2. The van der Waals surface area contributed by atoms with Crippen LogP contribution in [0.1, 0.15) is 110 Å². The largest absolute Gasteiger partial charge is 0.311 e. The van der Waals surface area contributed by atoms with Crippen molar-refractivity contribution < 1.29 is 0 Å². The molecule has 0 saturated carbocycles. The summed E-state index contributed by atoms with van der Waals surface area (Å²) in [5.41, 5.74) is 32.5. The van der Waals surface area contributed by atoms with E-state index < -0.39 is 0 Å². The van der Waals surface area contributed by atoms with E-state index >= 15 is 0 Å². The molecule has 0 heterocycles. The summed E-state index contributed by atoms with van der Waals surface area (Å²) in [5.74, 6) is 0. The summed E-state index contributed by atoms with van der Waals surface area (Å²) >= 11 is 7.26. The van der Waals surface area contributed by atoms with Crippen LogP contribution in [0.3, 0.4) is 0 Å². The van der Waals surface area contributed by atoms with Crippen LogP contribution in [0.25, 0.3) is 66.8 Å². The van der Waals surface area contributed by atoms with Gasteiger partial charge in [0, 0.05) is 43.1 Å². The van der Waals surface area contributed by atoms with E-state index in [-0.39, 0.29) is 0 Å². The standard InChI is InChI=1S/C84H82Br2N2/c1-9-11-13-15-17-71-55-82(68-29-45-78(46-30-68)88(76-41-25-66(26-42-76)64-21-37-74(86)38-22-64)80-49-33-70(34-50-80)84-61(7)53-58(4)54-62(84)8)72(18-16-14-12-10-2)56-81(71)67-27-43-77(44-28-67)87(75-39-23-65(24-40-75)63-19-35-73(85)36-20-63)79-47-31-69(32-48-79)83-59(5)51-57(3)52-60(83)6/h19-56H,9-18H2,1-8H3. The third-order valence-electron chi connectivity index (χ3n) is 17.6. The zero-order valence-corrected chi connectivity index (χ0v) is 55.8. The highest BCUT2D eigenvalue weighted by atomic mass is 79.9. The van der Waals surface area contributed by atoms with Gasteiger partial charge in [0.25, 0.3) is 0 Å². The highest BCUT2D eigenvalue weighted by Gasteiger charge is 2.20. The van der Waals surface area contributed by atoms with Gasteiger partial charge in [-0.1, -0.05) is 229 Å². The van der Waals surface area contributed by atoms with Gasteiger partial charge in [0.1, 0.15) is 0 Å². The van der Waals surface area contributed by atoms with E-state index in [9.17, 15) is 0 Å². The van der Waals surface area contributed by atoms with Crippen LogP contribution < -0.4 is 9.80 Å². The lowest BCUT2D eigenvalue weighted by molar-refractivity contribution is 0.664. The first-order valence-electron chi connectivity index (χ1n) is 31.9. The van der Waals surface area contributed by atoms with Crippen LogP contribution in [-0.4, -0.2) is 0 Å². The monoisotopic (exact) mass is 1280 g/mol. The zero-order valence-electron chi connectivity index (χ0n) is 52.7. The quantitative estimate of drug-likeness (QED) is 0.0624. The molecule has 0 radical (unpaired) electrons. The molecule has 2 nitrogen and oxygen atoms in total. The van der Waals surface area contributed by atoms with Gasteiger partial charge in [0.05, 0.1) is 0 Å². The molecule has 0 fully saturated rings. The number of benzene rings is 11. The number of aryl methyl sites for hydroxylation is 8. The third-order valence-corrected chi connectivity index (χ3v) is 18.6. The minimum Gasteiger partial charge on any atom is -0.311 e. The first kappa shape index (κ1) is 61.6. The van der Waals surface area contributed by atoms with Crippen molar-refractivity contribution >= 4 is 66.0 Å². The zero-order chi connectivity index (χ0) is 61.3. The van der Waals surface area contributed by atoms with Crippen molar-refractivity contribution in [2.75, 3.05) is 9.80 Å². The maximum Gasteiger partial charge on any atom is 0.0462 e. The number of hydrogen-bond donors (Lipinski definition) is 0. The lowest BCUT2D eigenvalue weighted by Gasteiger charge is -2.27. The van der Waals surface area contributed by atoms with E-state index in [2.05, 4.69) is 328 Å². The Bertz CT molecular complexity index is 3810. The maximum absolute atomic E-state index is 3.63. The summed E-state index contributed by atoms with van der Waals surface area (Å²) in [7, 11) is 0. The number of halogens is 2. The van der Waals surface area contributed by atoms with E-state index in [1.807, 2.05) is 0 Å². The lowest BCUT2D eigenvalue weighted by atomic mass is 9.86. The Kier molecular flexibility index (Phi) is 19.9. The average Bonchev–Trinajstić information content (AvgIpc) is 3.70. The average molecular weight is 1280 g/mol. The van der Waals surface area contributed by atoms with E-state index in [1.54, 1.807) is 0 Å². The van der Waals surface area contributed by atoms with Crippen LogP contribution in [-0.2, 0) is 12.8 Å². The Morgan fingerprint density at radius 1 is 0.261 bits per heavy atom. The minimum atomic E-state index is 1.03. The van der Waals surface area contributed by atoms with Crippen molar-refractivity contribution in [2.24, 2.45) is 0 Å². The van der Waals surface area contributed by atoms with Crippen LogP contribution in [0, 0.1) is 41.5 Å². The van der Waals surface area contributed by atoms with Crippen LogP contribution in [0.2, 0.25) is 0 Å². The van der Waals surface area contributed by atoms with Gasteiger partial charge in [-0.3, -0.25) is 0 Å². The van der Waals surface area contributed by atoms with Gasteiger partial charge in [-0.2, -0.15) is 0 Å². The number of rotatable bonds is 22. The molecule has 0 aliphatic rings. The molecule has 11 rings (SSSR count). The second kappa shape index (κ2) is 28.4. The second-order valence-corrected chi connectivity index (χ2v) is 26.1. The summed E-state index contributed by atoms with van der Waals surface area (Å²) in [5, 5.41) is 0. The van der Waals surface area contributed by atoms with Crippen molar-refractivity contribution in [3.63, 3.8) is 0 Å². The molecule has 0 unspecified atom stereocenters. The molecule has 0 aromatic heterocycles. The molecule has 0 aliphatic heterocycles. The fraction of sp³-hybridized carbons (Fsp3) is 0.214. The predicted molar refractivity (Wildman–Crippen MR) is 388 cm³/mol. The second-order valence-electron chi connectivity index (χ2n) is 24.3. The van der Waals surface area contributed by atoms with Crippen molar-refractivity contribution in [1.29, 1.82) is 0 Å². The highest BCUT2D eigenvalue weighted by Crippen LogP contribution is 2.43. The molecule has 0 amide bonds. The molecule has 88 heavy (non-hydrogen) atoms. The first-order chi connectivity index (χ1) is 42.8. The van der Waals surface area contributed by atoms with Gasteiger partial charge in [-0.25, -0.2) is 0 Å². The van der Waals surface area contributed by atoms with Gasteiger partial charge in [-0.15, -0.1) is 0 Å². The Balaban J connectivity index is 0.968. The Morgan fingerprint density at radius 3 is 0.761 bits per heavy atom. The Hall–Kier alpha value is -8.02. The van der Waals surface area contributed by atoms with Gasteiger partial charge in [-0.05, 0) is 264 Å². The molecular weight excluding hydrogens is 1200 g/mol. The molecule has 0 saturated heterocycles. The molecule has 0 atom stereocenters. The number of anilines is 6. The SMILES string of the molecule is CCCCCCc1cc(-c2ccc(N(c3ccc(-c4ccc(Br)cc4)cc3)c3ccc(-c4c(C)cc(C)cc4C)cc3)cc2)c(CCCCCC)cc1-c1ccc(N(c2ccc(-c3ccc(Br)cc3)cc2)c2ccc(-c3c(C)cc(C)cc3C)cc2)cc1. The molecule has 442 valence electrons. The predicted octanol–water partition coefficient (Wildman–Crippen LogP) is 26.2. The Morgan fingerprint density at radius 2 is 0.500 bits per heavy atom. The Labute approximate surface area is 542 Å². The maximum atomic E-state index is 3.63. The van der Waals surface area contributed by atoms with Crippen LogP contribution in [0.5, 0.6) is 0 Å². The van der Waals surface area contributed by atoms with Crippen molar-refractivity contribution in [3.05, 3.63) is 284 Å². The molecule has 4 heteroatoms. The summed E-state index contributed by atoms with van der Waals surface area (Å²) < 4.78 is 2.16. The van der Waals surface area contributed by atoms with Crippen molar-refractivity contribution in [1.82, 2.24) is 0 Å². The van der Waals surface area contributed by atoms with Gasteiger partial charge in [0.15, 0.2) is 0 Å². The molecule has 0 bridgehead atoms. The normalized spacial score (nSPS) is 11.3. The highest BCUT2D eigenvalue weighted by molar-refractivity contribution is 9.10. The molecular formula is C84H82Br2N2. The van der Waals surface area contributed by atoms with Gasteiger partial charge < -0.3 is 9.80 Å². The summed E-state index contributed by atoms with van der Waals surface area (Å²) in [4.78, 5) is 4.82. The van der Waals surface area contributed by atoms with E-state index in [0.29, 0.717) is 0 Å². The topological polar surface area (TPSA) is 6.48 Å². The van der Waals surface area contributed by atoms with Crippen LogP contribution in [0.15, 0.2) is 239 Å². The fourth-order valence-corrected chi connectivity index (χ4v) is 13.8. The van der Waals surface area contributed by atoms with Crippen LogP contribution in [0.4, 0.5) is 34.1 Å². The summed E-state index contributed by atoms with van der Waals surface area (Å²) in [6.45, 7) is 17.9. The molecule has 0 spiro atoms. The molecule has 11 aromatic carbocycles. The van der Waals surface area contributed by atoms with E-state index in [4.69, 9.17) is 0 Å². The van der Waals surface area contributed by atoms with Gasteiger partial charge in [0.2, 0.25) is 0 Å². The number of nitrogens with zero attached hydrogens (tertiary/aromatic N) is 2. The smallest absolute Gasteiger partial charge is 0.0462 e. The van der Waals surface area contributed by atoms with E-state index in [0.717, 1.165) is 68.8 Å². The summed E-state index contributed by atoms with van der Waals surface area (Å²) in [6.07, 6.45) is 11.7. The molecule has 0 N–H and O–H groups in total. The fourth-order valence-electron chi connectivity index (χ4n) is 13.3. The molecule has 11 aromatic rings. The summed E-state index contributed by atoms with van der Waals surface area (Å²) in [6, 6.07) is 86.8. The van der Waals surface area contributed by atoms with E-state index in [1.165, 1.54) is 150 Å². The van der Waals surface area contributed by atoms with Crippen molar-refractivity contribution in [2.45, 2.75) is 120 Å². The van der Waals surface area contributed by atoms with Gasteiger partial charge >= 0.3 is 0 Å². The lowest BCUT2D eigenvalue weighted by Crippen LogP contribution is -2.10. The number of unbranched alkanes of at least 4 members (excludes halogenated alkanes) is 6. The third kappa shape index (κ3) is 14.3. The minimum absolute atomic E-state index is 1.03. The molecule has 0 aliphatic carbocycles. The first-order valence-corrected chi connectivity index (χ1v) is 33.5. The van der Waals surface area contributed by atoms with Crippen LogP contribution >= 0.6 is 31.9 Å². The van der Waals surface area contributed by atoms with Crippen molar-refractivity contribution in [3.8, 4) is 66.8 Å².